The minimum atomic E-state index is 0.182. The third-order valence-corrected chi connectivity index (χ3v) is 2.89. The summed E-state index contributed by atoms with van der Waals surface area (Å²) in [4.78, 5) is 2.40. The van der Waals surface area contributed by atoms with Crippen LogP contribution in [0.2, 0.25) is 0 Å². The van der Waals surface area contributed by atoms with E-state index in [2.05, 4.69) is 17.9 Å². The van der Waals surface area contributed by atoms with Crippen molar-refractivity contribution in [1.29, 1.82) is 0 Å². The molecule has 2 heteroatoms. The van der Waals surface area contributed by atoms with Crippen LogP contribution in [0.3, 0.4) is 0 Å². The smallest absolute Gasteiger partial charge is 0.149 e. The monoisotopic (exact) mass is 204 g/mol. The van der Waals surface area contributed by atoms with Gasteiger partial charge >= 0.3 is 0 Å². The Hall–Kier alpha value is -1.02. The van der Waals surface area contributed by atoms with Gasteiger partial charge in [-0.15, -0.1) is 0 Å². The lowest BCUT2D eigenvalue weighted by molar-refractivity contribution is 0.0262. The van der Waals surface area contributed by atoms with E-state index in [-0.39, 0.29) is 6.23 Å². The molecular formula is C13H18NO. The van der Waals surface area contributed by atoms with Crippen molar-refractivity contribution < 1.29 is 4.74 Å². The van der Waals surface area contributed by atoms with E-state index in [9.17, 15) is 0 Å². The van der Waals surface area contributed by atoms with Crippen molar-refractivity contribution in [2.24, 2.45) is 0 Å². The summed E-state index contributed by atoms with van der Waals surface area (Å²) in [6.45, 7) is 4.45. The third-order valence-electron chi connectivity index (χ3n) is 2.89. The number of ether oxygens (including phenoxy) is 1. The Kier molecular flexibility index (Phi) is 3.62. The number of rotatable bonds is 3. The van der Waals surface area contributed by atoms with Crippen LogP contribution >= 0.6 is 0 Å². The molecule has 0 aliphatic carbocycles. The normalized spacial score (nSPS) is 19.8. The molecular weight excluding hydrogens is 186 g/mol. The Labute approximate surface area is 91.9 Å². The van der Waals surface area contributed by atoms with E-state index in [4.69, 9.17) is 4.74 Å². The second-order valence-corrected chi connectivity index (χ2v) is 4.05. The molecule has 1 heterocycles. The van der Waals surface area contributed by atoms with Crippen molar-refractivity contribution in [3.63, 3.8) is 0 Å². The quantitative estimate of drug-likeness (QED) is 0.750. The summed E-state index contributed by atoms with van der Waals surface area (Å²) in [5.41, 5.74) is 0. The zero-order valence-electron chi connectivity index (χ0n) is 9.28. The van der Waals surface area contributed by atoms with E-state index in [1.165, 1.54) is 19.3 Å². The summed E-state index contributed by atoms with van der Waals surface area (Å²) in [5, 5.41) is 0. The van der Waals surface area contributed by atoms with Crippen LogP contribution in [0.15, 0.2) is 24.3 Å². The maximum atomic E-state index is 5.85. The fourth-order valence-corrected chi connectivity index (χ4v) is 2.00. The van der Waals surface area contributed by atoms with E-state index in [1.54, 1.807) is 0 Å². The molecule has 0 saturated carbocycles. The highest BCUT2D eigenvalue weighted by atomic mass is 16.5. The summed E-state index contributed by atoms with van der Waals surface area (Å²) in [6, 6.07) is 10.7. The summed E-state index contributed by atoms with van der Waals surface area (Å²) in [5.74, 6) is 0.913. The number of hydrogen-bond donors (Lipinski definition) is 0. The Balaban J connectivity index is 1.88. The van der Waals surface area contributed by atoms with Crippen molar-refractivity contribution in [1.82, 2.24) is 4.90 Å². The molecule has 15 heavy (non-hydrogen) atoms. The molecule has 81 valence electrons. The van der Waals surface area contributed by atoms with E-state index < -0.39 is 0 Å². The van der Waals surface area contributed by atoms with Crippen molar-refractivity contribution in [3.05, 3.63) is 30.3 Å². The molecule has 0 spiro atoms. The van der Waals surface area contributed by atoms with Crippen LogP contribution in [0.1, 0.15) is 26.2 Å². The highest BCUT2D eigenvalue weighted by Crippen LogP contribution is 2.16. The molecule has 0 N–H and O–H groups in total. The van der Waals surface area contributed by atoms with Gasteiger partial charge in [0.05, 0.1) is 0 Å². The maximum absolute atomic E-state index is 5.85. The van der Waals surface area contributed by atoms with E-state index >= 15 is 0 Å². The molecule has 1 radical (unpaired) electrons. The Morgan fingerprint density at radius 1 is 1.33 bits per heavy atom. The number of benzene rings is 1. The molecule has 1 aromatic rings. The zero-order chi connectivity index (χ0) is 10.5. The summed E-state index contributed by atoms with van der Waals surface area (Å²) < 4.78 is 5.85. The molecule has 1 aliphatic rings. The highest BCUT2D eigenvalue weighted by molar-refractivity contribution is 5.20. The second kappa shape index (κ2) is 5.17. The number of likely N-dealkylation sites (tertiary alicyclic amines) is 1. The van der Waals surface area contributed by atoms with E-state index in [1.807, 2.05) is 24.3 Å². The molecule has 0 aromatic heterocycles. The van der Waals surface area contributed by atoms with Crippen LogP contribution in [0.4, 0.5) is 0 Å². The molecule has 1 atom stereocenters. The van der Waals surface area contributed by atoms with E-state index in [0.717, 1.165) is 18.8 Å². The highest BCUT2D eigenvalue weighted by Gasteiger charge is 2.17. The van der Waals surface area contributed by atoms with Gasteiger partial charge in [0.25, 0.3) is 0 Å². The minimum Gasteiger partial charge on any atom is -0.475 e. The van der Waals surface area contributed by atoms with Crippen LogP contribution in [0.5, 0.6) is 5.75 Å². The van der Waals surface area contributed by atoms with Crippen molar-refractivity contribution in [3.8, 4) is 5.75 Å². The fourth-order valence-electron chi connectivity index (χ4n) is 2.00. The summed E-state index contributed by atoms with van der Waals surface area (Å²) in [7, 11) is 0. The van der Waals surface area contributed by atoms with Gasteiger partial charge in [-0.2, -0.15) is 0 Å². The van der Waals surface area contributed by atoms with Crippen LogP contribution in [-0.2, 0) is 0 Å². The second-order valence-electron chi connectivity index (χ2n) is 4.05. The SMILES string of the molecule is CC(Oc1c[c]ccc1)N1CCCCC1. The van der Waals surface area contributed by atoms with Gasteiger partial charge in [-0.25, -0.2) is 0 Å². The van der Waals surface area contributed by atoms with Gasteiger partial charge in [-0.05, 0) is 38.0 Å². The molecule has 0 bridgehead atoms. The molecule has 2 rings (SSSR count). The number of piperidine rings is 1. The fraction of sp³-hybridized carbons (Fsp3) is 0.538. The Morgan fingerprint density at radius 3 is 2.80 bits per heavy atom. The first kappa shape index (κ1) is 10.5. The first-order valence-corrected chi connectivity index (χ1v) is 5.73. The Morgan fingerprint density at radius 2 is 2.13 bits per heavy atom. The lowest BCUT2D eigenvalue weighted by Gasteiger charge is -2.32. The van der Waals surface area contributed by atoms with Gasteiger partial charge < -0.3 is 4.74 Å². The maximum Gasteiger partial charge on any atom is 0.149 e. The molecule has 1 aromatic carbocycles. The molecule has 1 unspecified atom stereocenters. The first-order valence-electron chi connectivity index (χ1n) is 5.73. The average molecular weight is 204 g/mol. The van der Waals surface area contributed by atoms with Gasteiger partial charge in [0.1, 0.15) is 12.0 Å². The lowest BCUT2D eigenvalue weighted by atomic mass is 10.1. The molecule has 1 aliphatic heterocycles. The Bertz CT molecular complexity index is 280. The lowest BCUT2D eigenvalue weighted by Crippen LogP contribution is -2.40. The van der Waals surface area contributed by atoms with Crippen LogP contribution in [-0.4, -0.2) is 24.2 Å². The van der Waals surface area contributed by atoms with Crippen molar-refractivity contribution in [2.45, 2.75) is 32.4 Å². The standard InChI is InChI=1S/C13H18NO/c1-12(14-10-6-3-7-11-14)15-13-8-4-2-5-9-13/h2,4,8-9,12H,3,6-7,10-11H2,1H3. The average Bonchev–Trinajstić information content (AvgIpc) is 2.31. The number of nitrogens with zero attached hydrogens (tertiary/aromatic N) is 1. The molecule has 2 nitrogen and oxygen atoms in total. The van der Waals surface area contributed by atoms with Crippen molar-refractivity contribution >= 4 is 0 Å². The zero-order valence-corrected chi connectivity index (χ0v) is 9.28. The third kappa shape index (κ3) is 2.96. The molecule has 0 amide bonds. The number of hydrogen-bond acceptors (Lipinski definition) is 2. The molecule has 1 saturated heterocycles. The first-order chi connectivity index (χ1) is 7.36. The summed E-state index contributed by atoms with van der Waals surface area (Å²) >= 11 is 0. The summed E-state index contributed by atoms with van der Waals surface area (Å²) in [6.07, 6.45) is 4.15. The van der Waals surface area contributed by atoms with Gasteiger partial charge in [0.2, 0.25) is 0 Å². The van der Waals surface area contributed by atoms with Gasteiger partial charge in [-0.3, -0.25) is 4.90 Å². The molecule has 1 fully saturated rings. The van der Waals surface area contributed by atoms with Gasteiger partial charge in [0, 0.05) is 13.1 Å². The van der Waals surface area contributed by atoms with Crippen molar-refractivity contribution in [2.75, 3.05) is 13.1 Å². The van der Waals surface area contributed by atoms with Crippen LogP contribution in [0.25, 0.3) is 0 Å². The predicted molar refractivity (Wildman–Crippen MR) is 60.8 cm³/mol. The van der Waals surface area contributed by atoms with Crippen LogP contribution in [0, 0.1) is 6.07 Å². The predicted octanol–water partition coefficient (Wildman–Crippen LogP) is 2.70. The largest absolute Gasteiger partial charge is 0.475 e. The van der Waals surface area contributed by atoms with E-state index in [0.29, 0.717) is 0 Å². The minimum absolute atomic E-state index is 0.182. The van der Waals surface area contributed by atoms with Gasteiger partial charge in [-0.1, -0.05) is 18.6 Å². The topological polar surface area (TPSA) is 12.5 Å². The van der Waals surface area contributed by atoms with Gasteiger partial charge in [0.15, 0.2) is 0 Å². The van der Waals surface area contributed by atoms with Crippen LogP contribution < -0.4 is 4.74 Å².